The zero-order valence-electron chi connectivity index (χ0n) is 37.6. The molecule has 21 heteroatoms. The number of benzene rings is 3. The van der Waals surface area contributed by atoms with Gasteiger partial charge >= 0.3 is 5.97 Å². The number of aromatic nitrogens is 1. The Bertz CT molecular complexity index is 2460. The van der Waals surface area contributed by atoms with Gasteiger partial charge in [-0.15, -0.1) is 0 Å². The van der Waals surface area contributed by atoms with Gasteiger partial charge in [0, 0.05) is 47.9 Å². The molecule has 0 radical (unpaired) electrons. The summed E-state index contributed by atoms with van der Waals surface area (Å²) in [6, 6.07) is 14.8. The van der Waals surface area contributed by atoms with Gasteiger partial charge in [-0.25, -0.2) is 0 Å². The smallest absolute Gasteiger partial charge is 0.305 e. The highest BCUT2D eigenvalue weighted by Gasteiger charge is 2.45. The van der Waals surface area contributed by atoms with E-state index in [1.165, 1.54) is 0 Å². The number of aromatic amines is 1. The Morgan fingerprint density at radius 3 is 2.09 bits per heavy atom. The summed E-state index contributed by atoms with van der Waals surface area (Å²) in [5.41, 5.74) is 30.3. The molecule has 0 saturated carbocycles. The highest BCUT2D eigenvalue weighted by Crippen LogP contribution is 2.34. The van der Waals surface area contributed by atoms with Crippen LogP contribution in [0.5, 0.6) is 0 Å². The molecule has 364 valence electrons. The number of fused-ring (bicyclic) bond motifs is 2. The lowest BCUT2D eigenvalue weighted by molar-refractivity contribution is -0.141. The predicted octanol–water partition coefficient (Wildman–Crippen LogP) is 0.0595. The van der Waals surface area contributed by atoms with Gasteiger partial charge in [0.05, 0.1) is 12.5 Å². The Labute approximate surface area is 398 Å². The molecule has 0 bridgehead atoms. The molecule has 1 heterocycles. The predicted molar refractivity (Wildman–Crippen MR) is 256 cm³/mol. The van der Waals surface area contributed by atoms with E-state index in [0.717, 1.165) is 16.5 Å². The number of aliphatic imine (C=N–C) groups is 1. The highest BCUT2D eigenvalue weighted by atomic mass is 35.5. The maximum Gasteiger partial charge on any atom is 0.305 e. The third-order valence-corrected chi connectivity index (χ3v) is 12.2. The number of carbonyl (C=O) groups excluding carboxylic acids is 6. The van der Waals surface area contributed by atoms with Crippen molar-refractivity contribution in [2.75, 3.05) is 13.1 Å². The molecule has 0 fully saturated rings. The minimum absolute atomic E-state index is 0.0140. The van der Waals surface area contributed by atoms with Crippen molar-refractivity contribution in [3.8, 4) is 0 Å². The number of rotatable bonds is 25. The summed E-state index contributed by atoms with van der Waals surface area (Å²) >= 11 is 6.52. The van der Waals surface area contributed by atoms with Crippen molar-refractivity contribution in [3.05, 3.63) is 106 Å². The van der Waals surface area contributed by atoms with E-state index in [4.69, 9.17) is 40.3 Å². The van der Waals surface area contributed by atoms with Gasteiger partial charge < -0.3 is 65.3 Å². The molecule has 3 aromatic carbocycles. The Balaban J connectivity index is 1.47. The molecular weight excluding hydrogens is 896 g/mol. The minimum atomic E-state index is -1.72. The van der Waals surface area contributed by atoms with Gasteiger partial charge in [0.25, 0.3) is 0 Å². The molecule has 5 rings (SSSR count). The second-order valence-corrected chi connectivity index (χ2v) is 17.3. The number of unbranched alkanes of at least 4 members (excludes halogenated alkanes) is 1. The zero-order chi connectivity index (χ0) is 49.4. The number of hydrogen-bond acceptors (Lipinski definition) is 10. The first-order valence-corrected chi connectivity index (χ1v) is 22.8. The monoisotopic (exact) mass is 956 g/mol. The van der Waals surface area contributed by atoms with Gasteiger partial charge in [-0.05, 0) is 85.9 Å². The second-order valence-electron chi connectivity index (χ2n) is 16.9. The average Bonchev–Trinajstić information content (AvgIpc) is 3.71. The number of nitrogens with two attached hydrogens (primary N) is 5. The van der Waals surface area contributed by atoms with E-state index >= 15 is 0 Å². The van der Waals surface area contributed by atoms with Crippen LogP contribution in [0.1, 0.15) is 67.2 Å². The summed E-state index contributed by atoms with van der Waals surface area (Å²) in [5, 5.41) is 24.4. The lowest BCUT2D eigenvalue weighted by Gasteiger charge is -2.39. The summed E-state index contributed by atoms with van der Waals surface area (Å²) in [6.07, 6.45) is 2.53. The molecular formula is C47H61ClN12O8. The number of nitrogens with zero attached hydrogens (tertiary/aromatic N) is 1. The topological polar surface area (TPSA) is 358 Å². The number of carboxylic acids is 1. The van der Waals surface area contributed by atoms with Crippen LogP contribution in [0, 0.1) is 0 Å². The van der Waals surface area contributed by atoms with Crippen LogP contribution < -0.4 is 55.3 Å². The number of guanidine groups is 1. The third kappa shape index (κ3) is 14.5. The summed E-state index contributed by atoms with van der Waals surface area (Å²) < 4.78 is 0. The Morgan fingerprint density at radius 2 is 1.40 bits per heavy atom. The molecule has 68 heavy (non-hydrogen) atoms. The van der Waals surface area contributed by atoms with Gasteiger partial charge in [-0.2, -0.15) is 0 Å². The normalized spacial score (nSPS) is 16.4. The van der Waals surface area contributed by atoms with Gasteiger partial charge in [-0.1, -0.05) is 72.3 Å². The van der Waals surface area contributed by atoms with E-state index in [1.54, 1.807) is 54.7 Å². The van der Waals surface area contributed by atoms with Gasteiger partial charge in [0.15, 0.2) is 5.96 Å². The number of halogens is 1. The maximum atomic E-state index is 14.8. The first kappa shape index (κ1) is 51.9. The molecule has 17 N–H and O–H groups in total. The van der Waals surface area contributed by atoms with Gasteiger partial charge in [-0.3, -0.25) is 38.6 Å². The quantitative estimate of drug-likeness (QED) is 0.0238. The van der Waals surface area contributed by atoms with Crippen molar-refractivity contribution in [1.29, 1.82) is 0 Å². The van der Waals surface area contributed by atoms with E-state index < -0.39 is 83.6 Å². The number of primary amides is 1. The van der Waals surface area contributed by atoms with E-state index in [9.17, 15) is 38.7 Å². The molecule has 6 atom stereocenters. The average molecular weight is 958 g/mol. The number of hydrogen-bond donors (Lipinski definition) is 12. The fraction of sp³-hybridized carbons (Fsp3) is 0.404. The fourth-order valence-electron chi connectivity index (χ4n) is 8.22. The van der Waals surface area contributed by atoms with Crippen LogP contribution in [-0.4, -0.2) is 106 Å². The van der Waals surface area contributed by atoms with E-state index in [-0.39, 0.29) is 63.9 Å². The van der Waals surface area contributed by atoms with Crippen LogP contribution in [0.15, 0.2) is 84.0 Å². The molecule has 1 unspecified atom stereocenters. The van der Waals surface area contributed by atoms with Crippen molar-refractivity contribution in [1.82, 2.24) is 31.6 Å². The van der Waals surface area contributed by atoms with Crippen molar-refractivity contribution in [2.45, 2.75) is 106 Å². The van der Waals surface area contributed by atoms with Crippen molar-refractivity contribution in [2.24, 2.45) is 33.7 Å². The van der Waals surface area contributed by atoms with Crippen LogP contribution >= 0.6 is 11.6 Å². The molecule has 4 aromatic rings. The molecule has 1 aliphatic rings. The fourth-order valence-corrected chi connectivity index (χ4v) is 8.51. The molecule has 0 aliphatic heterocycles. The van der Waals surface area contributed by atoms with Crippen LogP contribution in [-0.2, 0) is 59.2 Å². The third-order valence-electron chi connectivity index (χ3n) is 11.9. The molecule has 1 aromatic heterocycles. The number of nitrogens with one attached hydrogen (secondary N) is 6. The van der Waals surface area contributed by atoms with Gasteiger partial charge in [0.2, 0.25) is 35.4 Å². The number of aliphatic carboxylic acids is 1. The van der Waals surface area contributed by atoms with E-state index in [0.29, 0.717) is 41.1 Å². The lowest BCUT2D eigenvalue weighted by Crippen LogP contribution is -2.66. The summed E-state index contributed by atoms with van der Waals surface area (Å²) in [6.45, 7) is 0.446. The van der Waals surface area contributed by atoms with Crippen molar-refractivity contribution >= 4 is 69.9 Å². The van der Waals surface area contributed by atoms with Crippen molar-refractivity contribution in [3.63, 3.8) is 0 Å². The van der Waals surface area contributed by atoms with Gasteiger partial charge in [0.1, 0.15) is 29.7 Å². The summed E-state index contributed by atoms with van der Waals surface area (Å²) in [5.74, 6) is -6.21. The summed E-state index contributed by atoms with van der Waals surface area (Å²) in [7, 11) is 0. The first-order chi connectivity index (χ1) is 32.5. The largest absolute Gasteiger partial charge is 0.481 e. The SMILES string of the molecule is NCCCC[C@H](NC(=O)[C@H](Cc1c[nH]c2ccccc12)NC(=O)[C@H](CCCN=C(N)N)NC(=O)[C@@H](Cc1ccccc1)NC(=O)C1(NC(=O)[C@@H](N)CC(=O)O)CCc2c(Cl)cccc2C1)C(N)=O. The van der Waals surface area contributed by atoms with Crippen LogP contribution in [0.2, 0.25) is 5.02 Å². The van der Waals surface area contributed by atoms with Crippen LogP contribution in [0.4, 0.5) is 0 Å². The molecule has 0 saturated heterocycles. The number of carbonyl (C=O) groups is 7. The number of amides is 6. The number of H-pyrrole nitrogens is 1. The highest BCUT2D eigenvalue weighted by molar-refractivity contribution is 6.31. The Hall–Kier alpha value is -7.03. The molecule has 1 aliphatic carbocycles. The zero-order valence-corrected chi connectivity index (χ0v) is 38.4. The van der Waals surface area contributed by atoms with E-state index in [1.807, 2.05) is 24.3 Å². The molecule has 6 amide bonds. The molecule has 20 nitrogen and oxygen atoms in total. The second kappa shape index (κ2) is 24.7. The maximum absolute atomic E-state index is 14.8. The minimum Gasteiger partial charge on any atom is -0.481 e. The first-order valence-electron chi connectivity index (χ1n) is 22.4. The van der Waals surface area contributed by atoms with Crippen LogP contribution in [0.25, 0.3) is 10.9 Å². The van der Waals surface area contributed by atoms with Crippen LogP contribution in [0.3, 0.4) is 0 Å². The Morgan fingerprint density at radius 1 is 0.750 bits per heavy atom. The number of carboxylic acid groups (broad SMARTS) is 1. The molecule has 0 spiro atoms. The Kier molecular flexibility index (Phi) is 18.8. The van der Waals surface area contributed by atoms with E-state index in [2.05, 4.69) is 36.6 Å². The standard InChI is InChI=1S/C47H61ClN12O8/c48-32-14-8-12-28-25-47(19-18-30(28)32,60-41(64)33(50)24-39(61)62)45(68)59-37(22-27-10-2-1-3-11-27)43(66)57-36(17-9-21-54-46(52)53)42(65)58-38(23-29-26-55-34-15-5-4-13-31(29)34)44(67)56-35(40(51)63)16-6-7-20-49/h1-5,8,10-15,26,33,35-38,55H,6-7,9,16-25,49-50H2,(H2,51,63)(H,56,67)(H,57,66)(H,58,65)(H,59,68)(H,60,64)(H,61,62)(H4,52,53,54)/t33-,35-,36-,37+,38-,47?/m0/s1. The number of para-hydroxylation sites is 1. The lowest BCUT2D eigenvalue weighted by atomic mass is 9.76. The summed E-state index contributed by atoms with van der Waals surface area (Å²) in [4.78, 5) is 103. The van der Waals surface area contributed by atoms with Crippen molar-refractivity contribution < 1.29 is 38.7 Å².